The molecule has 0 aromatic carbocycles. The second-order valence-corrected chi connectivity index (χ2v) is 7.34. The van der Waals surface area contributed by atoms with Crippen molar-refractivity contribution in [2.24, 2.45) is 5.92 Å². The third-order valence-electron chi connectivity index (χ3n) is 5.43. The van der Waals surface area contributed by atoms with E-state index in [0.29, 0.717) is 11.6 Å². The monoisotopic (exact) mass is 446 g/mol. The highest BCUT2D eigenvalue weighted by Gasteiger charge is 2.35. The summed E-state index contributed by atoms with van der Waals surface area (Å²) in [5, 5.41) is 34.9. The average Bonchev–Trinajstić information content (AvgIpc) is 3.23. The Labute approximate surface area is 184 Å². The molecule has 11 nitrogen and oxygen atoms in total. The summed E-state index contributed by atoms with van der Waals surface area (Å²) in [6, 6.07) is 3.99. The maximum Gasteiger partial charge on any atom is 0.337 e. The first-order valence-electron chi connectivity index (χ1n) is 9.83. The van der Waals surface area contributed by atoms with Gasteiger partial charge in [-0.1, -0.05) is 5.92 Å². The maximum absolute atomic E-state index is 12.5. The Hall–Kier alpha value is -3.30. The molecule has 3 aliphatic heterocycles. The molecular weight excluding hydrogens is 420 g/mol. The van der Waals surface area contributed by atoms with Gasteiger partial charge in [-0.05, 0) is 44.0 Å². The molecule has 2 bridgehead atoms. The SMILES string of the molecule is C#Cc1ccc2cnc(C(=O)N[C@H]3CN4CCC3CC4)cn12.C=O.O=C(O)[C@H](O)C(O)O. The third kappa shape index (κ3) is 5.89. The summed E-state index contributed by atoms with van der Waals surface area (Å²) in [7, 11) is 0. The van der Waals surface area contributed by atoms with E-state index in [-0.39, 0.29) is 11.9 Å². The number of carboxylic acids is 1. The van der Waals surface area contributed by atoms with Crippen LogP contribution in [-0.4, -0.2) is 91.4 Å². The number of aliphatic hydroxyl groups is 3. The van der Waals surface area contributed by atoms with Crippen molar-refractivity contribution in [3.63, 3.8) is 0 Å². The van der Waals surface area contributed by atoms with Crippen molar-refractivity contribution in [3.05, 3.63) is 35.9 Å². The number of amides is 1. The van der Waals surface area contributed by atoms with E-state index < -0.39 is 18.4 Å². The lowest BCUT2D eigenvalue weighted by Gasteiger charge is -2.44. The van der Waals surface area contributed by atoms with E-state index in [4.69, 9.17) is 31.6 Å². The first kappa shape index (κ1) is 25.0. The van der Waals surface area contributed by atoms with Gasteiger partial charge in [-0.25, -0.2) is 9.78 Å². The predicted octanol–water partition coefficient (Wildman–Crippen LogP) is -1.30. The molecule has 0 saturated carbocycles. The van der Waals surface area contributed by atoms with Crippen molar-refractivity contribution in [2.45, 2.75) is 31.3 Å². The number of carboxylic acid groups (broad SMARTS) is 1. The van der Waals surface area contributed by atoms with Gasteiger partial charge in [-0.2, -0.15) is 0 Å². The predicted molar refractivity (Wildman–Crippen MR) is 113 cm³/mol. The second-order valence-electron chi connectivity index (χ2n) is 7.34. The van der Waals surface area contributed by atoms with Gasteiger partial charge in [0.25, 0.3) is 5.91 Å². The van der Waals surface area contributed by atoms with Crippen LogP contribution >= 0.6 is 0 Å². The van der Waals surface area contributed by atoms with Gasteiger partial charge in [0.1, 0.15) is 12.5 Å². The number of nitrogens with zero attached hydrogens (tertiary/aromatic N) is 3. The van der Waals surface area contributed by atoms with Crippen molar-refractivity contribution in [3.8, 4) is 12.3 Å². The van der Waals surface area contributed by atoms with Crippen molar-refractivity contribution in [1.82, 2.24) is 19.6 Å². The number of carbonyl (C=O) groups is 3. The molecule has 32 heavy (non-hydrogen) atoms. The summed E-state index contributed by atoms with van der Waals surface area (Å²) < 4.78 is 1.83. The van der Waals surface area contributed by atoms with E-state index in [9.17, 15) is 9.59 Å². The highest BCUT2D eigenvalue weighted by Crippen LogP contribution is 2.27. The quantitative estimate of drug-likeness (QED) is 0.283. The number of aromatic nitrogens is 2. The molecule has 2 atom stereocenters. The van der Waals surface area contributed by atoms with Crippen LogP contribution in [0.25, 0.3) is 5.52 Å². The molecule has 0 spiro atoms. The van der Waals surface area contributed by atoms with Crippen LogP contribution in [0.15, 0.2) is 24.5 Å². The van der Waals surface area contributed by atoms with E-state index in [1.165, 1.54) is 12.8 Å². The number of piperidine rings is 3. The lowest BCUT2D eigenvalue weighted by Crippen LogP contribution is -2.57. The fraction of sp³-hybridized carbons (Fsp3) is 0.429. The van der Waals surface area contributed by atoms with Crippen LogP contribution in [0.2, 0.25) is 0 Å². The minimum absolute atomic E-state index is 0.114. The van der Waals surface area contributed by atoms with E-state index in [0.717, 1.165) is 30.8 Å². The maximum atomic E-state index is 12.5. The summed E-state index contributed by atoms with van der Waals surface area (Å²) in [6.45, 7) is 5.28. The van der Waals surface area contributed by atoms with Crippen LogP contribution in [0.3, 0.4) is 0 Å². The van der Waals surface area contributed by atoms with Gasteiger partial charge in [0.15, 0.2) is 6.29 Å². The number of fused-ring (bicyclic) bond motifs is 4. The van der Waals surface area contributed by atoms with Gasteiger partial charge < -0.3 is 39.8 Å². The number of aliphatic carboxylic acids is 1. The van der Waals surface area contributed by atoms with Crippen molar-refractivity contribution in [1.29, 1.82) is 0 Å². The van der Waals surface area contributed by atoms with E-state index in [2.05, 4.69) is 21.1 Å². The summed E-state index contributed by atoms with van der Waals surface area (Å²) in [4.78, 5) is 36.8. The minimum Gasteiger partial charge on any atom is -0.479 e. The van der Waals surface area contributed by atoms with Crippen LogP contribution in [0.1, 0.15) is 29.0 Å². The summed E-state index contributed by atoms with van der Waals surface area (Å²) in [5.74, 6) is 1.45. The highest BCUT2D eigenvalue weighted by atomic mass is 16.5. The molecule has 2 aromatic rings. The summed E-state index contributed by atoms with van der Waals surface area (Å²) in [5.41, 5.74) is 2.04. The van der Waals surface area contributed by atoms with Crippen molar-refractivity contribution in [2.75, 3.05) is 19.6 Å². The topological polar surface area (TPSA) is 165 Å². The number of carbonyl (C=O) groups excluding carboxylic acids is 2. The molecule has 2 aromatic heterocycles. The molecular formula is C21H26N4O7. The molecule has 5 N–H and O–H groups in total. The summed E-state index contributed by atoms with van der Waals surface area (Å²) in [6.07, 6.45) is 6.94. The molecule has 3 saturated heterocycles. The average molecular weight is 446 g/mol. The second kappa shape index (κ2) is 11.4. The number of hydrogen-bond acceptors (Lipinski definition) is 8. The fourth-order valence-electron chi connectivity index (χ4n) is 3.74. The van der Waals surface area contributed by atoms with Crippen molar-refractivity contribution >= 4 is 24.2 Å². The molecule has 172 valence electrons. The molecule has 0 unspecified atom stereocenters. The zero-order valence-electron chi connectivity index (χ0n) is 17.3. The normalized spacial score (nSPS) is 22.0. The standard InChI is InChI=1S/C17H18N4O.C3H6O5.CH2O/c1-2-13-3-4-14-9-18-16(11-21(13)14)17(22)19-15-10-20-7-5-12(15)6-8-20;4-1(2(5)6)3(7)8;1-2/h1,3-4,9,11-12,15H,5-8,10H2,(H,19,22);1-2,4-6H,(H,7,8);1H2/t15-;1-;/m01./s1. The lowest BCUT2D eigenvalue weighted by molar-refractivity contribution is -0.171. The third-order valence-corrected chi connectivity index (χ3v) is 5.43. The van der Waals surface area contributed by atoms with Gasteiger partial charge >= 0.3 is 5.97 Å². The van der Waals surface area contributed by atoms with Crippen LogP contribution < -0.4 is 5.32 Å². The van der Waals surface area contributed by atoms with Gasteiger partial charge in [0.05, 0.1) is 17.4 Å². The zero-order chi connectivity index (χ0) is 23.8. The lowest BCUT2D eigenvalue weighted by atomic mass is 9.84. The molecule has 0 aliphatic carbocycles. The Morgan fingerprint density at radius 3 is 2.34 bits per heavy atom. The number of nitrogens with one attached hydrogen (secondary N) is 1. The Morgan fingerprint density at radius 1 is 1.22 bits per heavy atom. The molecule has 1 amide bonds. The van der Waals surface area contributed by atoms with E-state index in [1.807, 2.05) is 23.3 Å². The van der Waals surface area contributed by atoms with Gasteiger partial charge in [0, 0.05) is 18.8 Å². The number of rotatable bonds is 4. The van der Waals surface area contributed by atoms with E-state index in [1.54, 1.807) is 12.4 Å². The molecule has 5 rings (SSSR count). The minimum atomic E-state index is -2.20. The van der Waals surface area contributed by atoms with Gasteiger partial charge in [-0.3, -0.25) is 4.79 Å². The Kier molecular flexibility index (Phi) is 8.86. The Bertz CT molecular complexity index is 976. The van der Waals surface area contributed by atoms with Crippen LogP contribution in [0, 0.1) is 18.3 Å². The largest absolute Gasteiger partial charge is 0.479 e. The van der Waals surface area contributed by atoms with Crippen LogP contribution in [-0.2, 0) is 9.59 Å². The molecule has 0 radical (unpaired) electrons. The Morgan fingerprint density at radius 2 is 1.88 bits per heavy atom. The van der Waals surface area contributed by atoms with Crippen LogP contribution in [0.4, 0.5) is 0 Å². The van der Waals surface area contributed by atoms with Gasteiger partial charge in [-0.15, -0.1) is 6.42 Å². The molecule has 3 fully saturated rings. The summed E-state index contributed by atoms with van der Waals surface area (Å²) >= 11 is 0. The zero-order valence-corrected chi connectivity index (χ0v) is 17.3. The number of hydrogen-bond donors (Lipinski definition) is 5. The molecule has 11 heteroatoms. The molecule has 3 aliphatic rings. The first-order chi connectivity index (χ1) is 15.3. The molecule has 5 heterocycles. The number of aliphatic hydroxyl groups excluding tert-OH is 2. The first-order valence-corrected chi connectivity index (χ1v) is 9.83. The van der Waals surface area contributed by atoms with E-state index >= 15 is 0 Å². The van der Waals surface area contributed by atoms with Crippen LogP contribution in [0.5, 0.6) is 0 Å². The van der Waals surface area contributed by atoms with Crippen molar-refractivity contribution < 1.29 is 34.8 Å². The van der Waals surface area contributed by atoms with Gasteiger partial charge in [0.2, 0.25) is 6.10 Å². The highest BCUT2D eigenvalue weighted by molar-refractivity contribution is 5.92. The number of terminal acetylenes is 1. The smallest absolute Gasteiger partial charge is 0.337 e. The Balaban J connectivity index is 0.000000311. The fourth-order valence-corrected chi connectivity index (χ4v) is 3.74.